The number of hydrogen-bond donors (Lipinski definition) is 1. The monoisotopic (exact) mass is 492 g/mol. The molecule has 0 amide bonds. The fraction of sp³-hybridized carbons (Fsp3) is 0.414. The highest BCUT2D eigenvalue weighted by Crippen LogP contribution is 2.54. The minimum absolute atomic E-state index is 0.213. The zero-order chi connectivity index (χ0) is 24.9. The molecule has 1 spiro atoms. The highest BCUT2D eigenvalue weighted by Gasteiger charge is 2.44. The number of anilines is 3. The number of fused-ring (bicyclic) bond motifs is 1. The van der Waals surface area contributed by atoms with Crippen molar-refractivity contribution in [2.24, 2.45) is 5.41 Å². The van der Waals surface area contributed by atoms with Crippen molar-refractivity contribution < 1.29 is 13.2 Å². The van der Waals surface area contributed by atoms with Gasteiger partial charge in [-0.1, -0.05) is 12.1 Å². The molecule has 2 saturated heterocycles. The molecule has 3 fully saturated rings. The number of nitrogens with zero attached hydrogens (tertiary/aromatic N) is 3. The zero-order valence-corrected chi connectivity index (χ0v) is 20.3. The van der Waals surface area contributed by atoms with Crippen LogP contribution in [0.4, 0.5) is 30.2 Å². The largest absolute Gasteiger partial charge is 0.399 e. The lowest BCUT2D eigenvalue weighted by Gasteiger charge is -2.35. The molecule has 2 N–H and O–H groups in total. The maximum atomic E-state index is 15.9. The number of hydrogen-bond acceptors (Lipinski definition) is 4. The number of benzene rings is 2. The molecule has 1 aliphatic carbocycles. The lowest BCUT2D eigenvalue weighted by atomic mass is 9.93. The van der Waals surface area contributed by atoms with Crippen LogP contribution in [0.15, 0.2) is 48.7 Å². The quantitative estimate of drug-likeness (QED) is 0.318. The Labute approximate surface area is 209 Å². The first-order valence-corrected chi connectivity index (χ1v) is 12.8. The van der Waals surface area contributed by atoms with Gasteiger partial charge in [-0.15, -0.1) is 0 Å². The lowest BCUT2D eigenvalue weighted by Crippen LogP contribution is -2.39. The van der Waals surface area contributed by atoms with E-state index < -0.39 is 5.92 Å². The lowest BCUT2D eigenvalue weighted by molar-refractivity contribution is -0.0220. The van der Waals surface area contributed by atoms with Gasteiger partial charge in [0, 0.05) is 73.1 Å². The van der Waals surface area contributed by atoms with Crippen molar-refractivity contribution in [3.05, 3.63) is 59.8 Å². The van der Waals surface area contributed by atoms with Crippen molar-refractivity contribution in [3.63, 3.8) is 0 Å². The van der Waals surface area contributed by atoms with E-state index >= 15 is 4.39 Å². The average molecular weight is 493 g/mol. The third-order valence-corrected chi connectivity index (χ3v) is 8.25. The molecule has 3 heterocycles. The molecule has 3 aliphatic rings. The Morgan fingerprint density at radius 1 is 0.861 bits per heavy atom. The van der Waals surface area contributed by atoms with E-state index in [-0.39, 0.29) is 31.8 Å². The Hall–Kier alpha value is -3.22. The SMILES string of the molecule is Nc1ccc(C=C(F)c2cc(N3CCC(F)(F)CC3)c3ncccc3c2)c(N2CCC3(CC2)CC3)c1. The van der Waals surface area contributed by atoms with Crippen LogP contribution in [0, 0.1) is 5.41 Å². The van der Waals surface area contributed by atoms with E-state index in [0.717, 1.165) is 29.7 Å². The van der Waals surface area contributed by atoms with Crippen molar-refractivity contribution in [3.8, 4) is 0 Å². The molecule has 2 aromatic carbocycles. The van der Waals surface area contributed by atoms with E-state index in [0.29, 0.717) is 27.9 Å². The maximum absolute atomic E-state index is 15.9. The third-order valence-electron chi connectivity index (χ3n) is 8.25. The number of rotatable bonds is 4. The first-order chi connectivity index (χ1) is 17.3. The third kappa shape index (κ3) is 4.51. The van der Waals surface area contributed by atoms with Crippen LogP contribution in [-0.2, 0) is 0 Å². The Bertz CT molecular complexity index is 1310. The van der Waals surface area contributed by atoms with Gasteiger partial charge in [-0.05, 0) is 67.5 Å². The Morgan fingerprint density at radius 2 is 1.56 bits per heavy atom. The van der Waals surface area contributed by atoms with E-state index in [4.69, 9.17) is 5.73 Å². The van der Waals surface area contributed by atoms with Gasteiger partial charge in [0.15, 0.2) is 0 Å². The van der Waals surface area contributed by atoms with Gasteiger partial charge in [-0.25, -0.2) is 13.2 Å². The number of aromatic nitrogens is 1. The number of nitrogen functional groups attached to an aromatic ring is 1. The minimum Gasteiger partial charge on any atom is -0.399 e. The summed E-state index contributed by atoms with van der Waals surface area (Å²) in [5.74, 6) is -3.02. The topological polar surface area (TPSA) is 45.4 Å². The highest BCUT2D eigenvalue weighted by molar-refractivity contribution is 5.95. The maximum Gasteiger partial charge on any atom is 0.251 e. The van der Waals surface area contributed by atoms with Crippen LogP contribution in [0.1, 0.15) is 49.7 Å². The van der Waals surface area contributed by atoms with E-state index in [2.05, 4.69) is 9.88 Å². The molecular weight excluding hydrogens is 461 g/mol. The van der Waals surface area contributed by atoms with Crippen molar-refractivity contribution in [1.29, 1.82) is 0 Å². The fourth-order valence-corrected chi connectivity index (χ4v) is 5.70. The zero-order valence-electron chi connectivity index (χ0n) is 20.3. The van der Waals surface area contributed by atoms with Crippen molar-refractivity contribution in [2.45, 2.75) is 44.4 Å². The van der Waals surface area contributed by atoms with Gasteiger partial charge in [0.1, 0.15) is 5.83 Å². The predicted octanol–water partition coefficient (Wildman–Crippen LogP) is 6.90. The van der Waals surface area contributed by atoms with Gasteiger partial charge >= 0.3 is 0 Å². The van der Waals surface area contributed by atoms with Gasteiger partial charge < -0.3 is 15.5 Å². The van der Waals surface area contributed by atoms with E-state index in [9.17, 15) is 8.78 Å². The van der Waals surface area contributed by atoms with Gasteiger partial charge in [-0.3, -0.25) is 4.98 Å². The summed E-state index contributed by atoms with van der Waals surface area (Å²) in [6.45, 7) is 2.34. The predicted molar refractivity (Wildman–Crippen MR) is 141 cm³/mol. The van der Waals surface area contributed by atoms with E-state index in [1.807, 2.05) is 29.2 Å². The Kier molecular flexibility index (Phi) is 5.61. The normalized spacial score (nSPS) is 21.2. The van der Waals surface area contributed by atoms with Crippen LogP contribution in [0.25, 0.3) is 22.8 Å². The Balaban J connectivity index is 1.35. The van der Waals surface area contributed by atoms with Crippen LogP contribution in [0.3, 0.4) is 0 Å². The number of pyridine rings is 1. The second-order valence-corrected chi connectivity index (χ2v) is 10.7. The molecule has 4 nitrogen and oxygen atoms in total. The van der Waals surface area contributed by atoms with Crippen molar-refractivity contribution in [1.82, 2.24) is 4.98 Å². The molecule has 6 rings (SSSR count). The molecule has 0 radical (unpaired) electrons. The molecule has 1 saturated carbocycles. The second kappa shape index (κ2) is 8.71. The molecule has 188 valence electrons. The first-order valence-electron chi connectivity index (χ1n) is 12.8. The van der Waals surface area contributed by atoms with Crippen molar-refractivity contribution in [2.75, 3.05) is 41.7 Å². The summed E-state index contributed by atoms with van der Waals surface area (Å²) in [5, 5.41) is 0.786. The van der Waals surface area contributed by atoms with E-state index in [1.165, 1.54) is 25.7 Å². The average Bonchev–Trinajstić information content (AvgIpc) is 3.63. The summed E-state index contributed by atoms with van der Waals surface area (Å²) in [6, 6.07) is 12.8. The molecule has 7 heteroatoms. The molecule has 1 aromatic heterocycles. The van der Waals surface area contributed by atoms with Crippen LogP contribution < -0.4 is 15.5 Å². The van der Waals surface area contributed by atoms with Crippen LogP contribution in [0.5, 0.6) is 0 Å². The number of nitrogens with two attached hydrogens (primary N) is 1. The summed E-state index contributed by atoms with van der Waals surface area (Å²) in [7, 11) is 0. The van der Waals surface area contributed by atoms with Gasteiger partial charge in [0.25, 0.3) is 5.92 Å². The second-order valence-electron chi connectivity index (χ2n) is 10.7. The number of halogens is 3. The molecule has 0 unspecified atom stereocenters. The first kappa shape index (κ1) is 23.2. The van der Waals surface area contributed by atoms with Crippen LogP contribution in [-0.4, -0.2) is 37.1 Å². The minimum atomic E-state index is -2.65. The highest BCUT2D eigenvalue weighted by atomic mass is 19.3. The molecule has 0 atom stereocenters. The molecule has 36 heavy (non-hydrogen) atoms. The summed E-state index contributed by atoms with van der Waals surface area (Å²) in [5.41, 5.74) is 10.9. The van der Waals surface area contributed by atoms with Gasteiger partial charge in [0.05, 0.1) is 11.2 Å². The fourth-order valence-electron chi connectivity index (χ4n) is 5.70. The van der Waals surface area contributed by atoms with Crippen molar-refractivity contribution >= 4 is 39.9 Å². The summed E-state index contributed by atoms with van der Waals surface area (Å²) < 4.78 is 43.4. The smallest absolute Gasteiger partial charge is 0.251 e. The standard InChI is InChI=1S/C29H31F3N4/c30-24(17-20-3-4-23(33)19-25(20)35-12-7-28(5-6-28)8-13-35)22-16-21-2-1-11-34-27(21)26(18-22)36-14-9-29(31,32)10-15-36/h1-4,11,16-19H,5-10,12-15,33H2. The summed E-state index contributed by atoms with van der Waals surface area (Å²) in [6.07, 6.45) is 7.82. The van der Waals surface area contributed by atoms with Gasteiger partial charge in [-0.2, -0.15) is 0 Å². The van der Waals surface area contributed by atoms with Crippen LogP contribution in [0.2, 0.25) is 0 Å². The molecule has 0 bridgehead atoms. The van der Waals surface area contributed by atoms with Crippen LogP contribution >= 0.6 is 0 Å². The summed E-state index contributed by atoms with van der Waals surface area (Å²) in [4.78, 5) is 8.71. The molecule has 3 aromatic rings. The van der Waals surface area contributed by atoms with E-state index in [1.54, 1.807) is 30.5 Å². The van der Waals surface area contributed by atoms with Gasteiger partial charge in [0.2, 0.25) is 0 Å². The Morgan fingerprint density at radius 3 is 2.28 bits per heavy atom. The number of alkyl halides is 2. The molecular formula is C29H31F3N4. The summed E-state index contributed by atoms with van der Waals surface area (Å²) >= 11 is 0. The number of piperidine rings is 2. The molecule has 2 aliphatic heterocycles.